The van der Waals surface area contributed by atoms with Gasteiger partial charge in [0.1, 0.15) is 0 Å². The van der Waals surface area contributed by atoms with Gasteiger partial charge in [-0.2, -0.15) is 0 Å². The van der Waals surface area contributed by atoms with Gasteiger partial charge in [-0.05, 0) is 0 Å². The first-order valence-electron chi connectivity index (χ1n) is 1.65. The summed E-state index contributed by atoms with van der Waals surface area (Å²) in [5.74, 6) is 0. The standard InChI is InChI=1S/CH2O3.2Na.H2O5S2/c2-1(3)4;;;1-6(2)7(3,4)5/h(H2,2,3,4);;;(H,1,2)(H,3,4,5)/q;2*+1;/p-2. The van der Waals surface area contributed by atoms with E-state index in [0.29, 0.717) is 0 Å². The second kappa shape index (κ2) is 11.4. The first-order chi connectivity index (χ1) is 4.68. The van der Waals surface area contributed by atoms with Crippen LogP contribution in [0.3, 0.4) is 0 Å². The zero-order valence-electron chi connectivity index (χ0n) is 6.66. The molecule has 0 fully saturated rings. The Labute approximate surface area is 120 Å². The van der Waals surface area contributed by atoms with Crippen LogP contribution >= 0.6 is 0 Å². The Morgan fingerprint density at radius 3 is 1.31 bits per heavy atom. The Morgan fingerprint density at radius 2 is 1.31 bits per heavy atom. The van der Waals surface area contributed by atoms with Gasteiger partial charge in [-0.3, -0.25) is 4.21 Å². The predicted octanol–water partition coefficient (Wildman–Crippen LogP) is -7.44. The van der Waals surface area contributed by atoms with E-state index in [2.05, 4.69) is 0 Å². The van der Waals surface area contributed by atoms with Crippen molar-refractivity contribution in [2.24, 2.45) is 0 Å². The van der Waals surface area contributed by atoms with Crippen molar-refractivity contribution in [3.05, 3.63) is 0 Å². The molecule has 0 saturated carbocycles. The average Bonchev–Trinajstić information content (AvgIpc) is 1.59. The van der Waals surface area contributed by atoms with E-state index in [9.17, 15) is 0 Å². The van der Waals surface area contributed by atoms with E-state index in [1.54, 1.807) is 0 Å². The molecule has 0 aromatic heterocycles. The zero-order valence-corrected chi connectivity index (χ0v) is 12.3. The van der Waals surface area contributed by atoms with Gasteiger partial charge >= 0.3 is 65.3 Å². The molecule has 0 radical (unpaired) electrons. The Bertz CT molecular complexity index is 239. The molecule has 1 atom stereocenters. The Morgan fingerprint density at radius 1 is 1.23 bits per heavy atom. The zero-order chi connectivity index (χ0) is 9.65. The van der Waals surface area contributed by atoms with E-state index in [4.69, 9.17) is 36.7 Å². The molecule has 0 rings (SSSR count). The van der Waals surface area contributed by atoms with Gasteiger partial charge in [-0.1, -0.05) is 0 Å². The minimum atomic E-state index is -5.07. The van der Waals surface area contributed by atoms with Gasteiger partial charge in [0, 0.05) is 0 Å². The third-order valence-corrected chi connectivity index (χ3v) is 1.50. The van der Waals surface area contributed by atoms with Crippen LogP contribution in [0.2, 0.25) is 0 Å². The van der Waals surface area contributed by atoms with Crippen molar-refractivity contribution in [1.82, 2.24) is 0 Å². The molecule has 0 bridgehead atoms. The third-order valence-electron chi connectivity index (χ3n) is 0.167. The molecule has 0 spiro atoms. The van der Waals surface area contributed by atoms with E-state index < -0.39 is 25.4 Å². The molecule has 0 aromatic carbocycles. The van der Waals surface area contributed by atoms with Crippen LogP contribution in [0.5, 0.6) is 0 Å². The molecule has 0 saturated heterocycles. The number of hydrogen-bond acceptors (Lipinski definition) is 6. The molecule has 0 aromatic rings. The summed E-state index contributed by atoms with van der Waals surface area (Å²) >= 11 is 0. The predicted molar refractivity (Wildman–Crippen MR) is 29.3 cm³/mol. The summed E-state index contributed by atoms with van der Waals surface area (Å²) in [4.78, 5) is 8.56. The summed E-state index contributed by atoms with van der Waals surface area (Å²) < 4.78 is 45.7. The fourth-order valence-corrected chi connectivity index (χ4v) is 0. The van der Waals surface area contributed by atoms with Crippen LogP contribution < -0.4 is 59.1 Å². The fraction of sp³-hybridized carbons (Fsp3) is 0. The molecule has 0 aliphatic rings. The summed E-state index contributed by atoms with van der Waals surface area (Å²) in [5, 5.41) is 13.9. The van der Waals surface area contributed by atoms with E-state index in [1.165, 1.54) is 0 Å². The Kier molecular flexibility index (Phi) is 20.8. The van der Waals surface area contributed by atoms with Gasteiger partial charge in [-0.25, -0.2) is 13.2 Å². The second-order valence-corrected chi connectivity index (χ2v) is 4.16. The summed E-state index contributed by atoms with van der Waals surface area (Å²) in [6.45, 7) is 0. The molecule has 1 unspecified atom stereocenters. The first kappa shape index (κ1) is 23.8. The molecule has 8 nitrogen and oxygen atoms in total. The fourth-order valence-electron chi connectivity index (χ4n) is 0. The molecular weight excluding hydrogens is 250 g/mol. The quantitative estimate of drug-likeness (QED) is 0.202. The number of carbonyl (C=O) groups is 1. The summed E-state index contributed by atoms with van der Waals surface area (Å²) in [7, 11) is -8.59. The molecule has 0 amide bonds. The van der Waals surface area contributed by atoms with Crippen molar-refractivity contribution >= 4 is 25.4 Å². The van der Waals surface area contributed by atoms with Gasteiger partial charge in [0.25, 0.3) is 0 Å². The Balaban J connectivity index is -0.0000000600. The van der Waals surface area contributed by atoms with Crippen molar-refractivity contribution in [1.29, 1.82) is 0 Å². The van der Waals surface area contributed by atoms with Gasteiger partial charge in [0.15, 0.2) is 9.15 Å². The van der Waals surface area contributed by atoms with Crippen molar-refractivity contribution in [3.8, 4) is 0 Å². The van der Waals surface area contributed by atoms with E-state index in [0.717, 1.165) is 0 Å². The van der Waals surface area contributed by atoms with E-state index >= 15 is 0 Å². The summed E-state index contributed by atoms with van der Waals surface area (Å²) in [5.41, 5.74) is 0. The summed E-state index contributed by atoms with van der Waals surface area (Å²) in [6, 6.07) is 0. The van der Waals surface area contributed by atoms with Crippen LogP contribution in [0.25, 0.3) is 0 Å². The van der Waals surface area contributed by atoms with Gasteiger partial charge in [-0.15, -0.1) is 0 Å². The maximum absolute atomic E-state index is 9.16. The minimum Gasteiger partial charge on any atom is -0.761 e. The van der Waals surface area contributed by atoms with Gasteiger partial charge < -0.3 is 19.3 Å². The largest absolute Gasteiger partial charge is 1.00 e. The second-order valence-electron chi connectivity index (χ2n) is 0.895. The normalized spacial score (nSPS) is 10.6. The monoisotopic (exact) mass is 252 g/mol. The molecule has 2 N–H and O–H groups in total. The van der Waals surface area contributed by atoms with E-state index in [1.807, 2.05) is 0 Å². The SMILES string of the molecule is O=C(O)O.O=S([O-])S(=O)(=O)[O-].[Na+].[Na+]. The van der Waals surface area contributed by atoms with Crippen LogP contribution in [0.1, 0.15) is 0 Å². The first-order valence-corrected chi connectivity index (χ1v) is 4.65. The number of carboxylic acid groups (broad SMARTS) is 2. The maximum atomic E-state index is 9.16. The van der Waals surface area contributed by atoms with Gasteiger partial charge in [0.2, 0.25) is 0 Å². The van der Waals surface area contributed by atoms with Crippen LogP contribution in [-0.4, -0.2) is 38.1 Å². The topological polar surface area (TPSA) is 155 Å². The van der Waals surface area contributed by atoms with Crippen molar-refractivity contribution in [2.45, 2.75) is 0 Å². The molecule has 0 aliphatic carbocycles. The van der Waals surface area contributed by atoms with Crippen LogP contribution in [0.15, 0.2) is 0 Å². The molecule has 68 valence electrons. The van der Waals surface area contributed by atoms with E-state index in [-0.39, 0.29) is 59.1 Å². The maximum Gasteiger partial charge on any atom is 1.00 e. The molecule has 12 heteroatoms. The van der Waals surface area contributed by atoms with Crippen molar-refractivity contribution in [2.75, 3.05) is 0 Å². The Hall–Kier alpha value is 1.29. The van der Waals surface area contributed by atoms with Crippen LogP contribution in [0.4, 0.5) is 4.79 Å². The minimum absolute atomic E-state index is 0. The van der Waals surface area contributed by atoms with Gasteiger partial charge in [0.05, 0.1) is 10.1 Å². The van der Waals surface area contributed by atoms with Crippen LogP contribution in [0, 0.1) is 0 Å². The molecular formula is CH2Na2O8S2. The molecule has 13 heavy (non-hydrogen) atoms. The average molecular weight is 252 g/mol. The van der Waals surface area contributed by atoms with Crippen LogP contribution in [-0.2, 0) is 19.3 Å². The van der Waals surface area contributed by atoms with Crippen molar-refractivity contribution < 1.29 is 95.9 Å². The smallest absolute Gasteiger partial charge is 0.761 e. The molecule has 0 aliphatic heterocycles. The van der Waals surface area contributed by atoms with Crippen molar-refractivity contribution in [3.63, 3.8) is 0 Å². The summed E-state index contributed by atoms with van der Waals surface area (Å²) in [6.07, 6.45) is -1.83. The number of rotatable bonds is 1. The third kappa shape index (κ3) is 31.9. The molecule has 0 heterocycles. The number of hydrogen-bond donors (Lipinski definition) is 2.